The lowest BCUT2D eigenvalue weighted by atomic mass is 10.1. The molecule has 134 valence electrons. The minimum Gasteiger partial charge on any atom is -0.508 e. The molecule has 3 aromatic rings. The highest BCUT2D eigenvalue weighted by atomic mass is 35.5. The van der Waals surface area contributed by atoms with Crippen molar-refractivity contribution in [1.29, 1.82) is 0 Å². The predicted molar refractivity (Wildman–Crippen MR) is 107 cm³/mol. The first kappa shape index (κ1) is 18.4. The van der Waals surface area contributed by atoms with Crippen molar-refractivity contribution in [2.24, 2.45) is 0 Å². The maximum absolute atomic E-state index is 10.2. The van der Waals surface area contributed by atoms with Crippen molar-refractivity contribution in [3.63, 3.8) is 0 Å². The zero-order valence-corrected chi connectivity index (χ0v) is 15.1. The number of benzene rings is 2. The summed E-state index contributed by atoms with van der Waals surface area (Å²) >= 11 is 6.09. The number of aliphatic hydroxyl groups is 1. The predicted octanol–water partition coefficient (Wildman–Crippen LogP) is 5.21. The molecule has 0 radical (unpaired) electrons. The number of allylic oxidation sites excluding steroid dienone is 3. The number of halogens is 1. The number of para-hydroxylation sites is 1. The summed E-state index contributed by atoms with van der Waals surface area (Å²) in [7, 11) is 0. The van der Waals surface area contributed by atoms with E-state index in [-0.39, 0.29) is 23.2 Å². The zero-order chi connectivity index (χ0) is 19.4. The summed E-state index contributed by atoms with van der Waals surface area (Å²) in [6.45, 7) is 7.19. The van der Waals surface area contributed by atoms with E-state index in [2.05, 4.69) is 28.1 Å². The van der Waals surface area contributed by atoms with Crippen LogP contribution in [-0.2, 0) is 0 Å². The van der Waals surface area contributed by atoms with Crippen molar-refractivity contribution in [2.45, 2.75) is 0 Å². The Balaban J connectivity index is 2.28. The first-order valence-corrected chi connectivity index (χ1v) is 8.39. The Bertz CT molecular complexity index is 1060. The molecule has 0 bridgehead atoms. The van der Waals surface area contributed by atoms with Gasteiger partial charge in [-0.05, 0) is 30.3 Å². The molecule has 0 fully saturated rings. The average molecular weight is 378 g/mol. The SMILES string of the molecule is C=C/C=C(\C(=C)O)c1nc(-c2cccc(Cl)c2)nc(-c2ccccc2O)n1. The maximum Gasteiger partial charge on any atom is 0.167 e. The molecule has 5 nitrogen and oxygen atoms in total. The summed E-state index contributed by atoms with van der Waals surface area (Å²) in [5.41, 5.74) is 1.41. The van der Waals surface area contributed by atoms with E-state index in [0.29, 0.717) is 27.5 Å². The fourth-order valence-electron chi connectivity index (χ4n) is 2.45. The summed E-state index contributed by atoms with van der Waals surface area (Å²) in [5, 5.41) is 20.7. The van der Waals surface area contributed by atoms with Gasteiger partial charge in [0.1, 0.15) is 11.5 Å². The van der Waals surface area contributed by atoms with Gasteiger partial charge in [0.2, 0.25) is 0 Å². The van der Waals surface area contributed by atoms with E-state index < -0.39 is 0 Å². The van der Waals surface area contributed by atoms with Gasteiger partial charge in [-0.15, -0.1) is 0 Å². The average Bonchev–Trinajstić information content (AvgIpc) is 2.66. The third kappa shape index (κ3) is 4.04. The molecule has 0 unspecified atom stereocenters. The van der Waals surface area contributed by atoms with Crippen molar-refractivity contribution >= 4 is 17.2 Å². The Morgan fingerprint density at radius 3 is 2.41 bits per heavy atom. The number of aliphatic hydroxyl groups excluding tert-OH is 1. The summed E-state index contributed by atoms with van der Waals surface area (Å²) in [4.78, 5) is 13.3. The molecule has 3 rings (SSSR count). The van der Waals surface area contributed by atoms with Gasteiger partial charge in [-0.3, -0.25) is 0 Å². The van der Waals surface area contributed by atoms with E-state index in [4.69, 9.17) is 11.6 Å². The van der Waals surface area contributed by atoms with Crippen LogP contribution in [0.1, 0.15) is 5.82 Å². The van der Waals surface area contributed by atoms with E-state index in [9.17, 15) is 10.2 Å². The van der Waals surface area contributed by atoms with Crippen LogP contribution in [0.3, 0.4) is 0 Å². The Labute approximate surface area is 161 Å². The Morgan fingerprint density at radius 2 is 1.74 bits per heavy atom. The van der Waals surface area contributed by atoms with Crippen LogP contribution in [0.25, 0.3) is 28.3 Å². The molecule has 2 aromatic carbocycles. The molecule has 0 atom stereocenters. The monoisotopic (exact) mass is 377 g/mol. The molecule has 2 N–H and O–H groups in total. The van der Waals surface area contributed by atoms with E-state index in [1.54, 1.807) is 48.5 Å². The highest BCUT2D eigenvalue weighted by Gasteiger charge is 2.16. The maximum atomic E-state index is 10.2. The van der Waals surface area contributed by atoms with Gasteiger partial charge in [-0.25, -0.2) is 15.0 Å². The van der Waals surface area contributed by atoms with E-state index in [1.165, 1.54) is 6.08 Å². The van der Waals surface area contributed by atoms with Crippen LogP contribution >= 0.6 is 11.6 Å². The first-order chi connectivity index (χ1) is 13.0. The van der Waals surface area contributed by atoms with Gasteiger partial charge in [0.15, 0.2) is 17.5 Å². The van der Waals surface area contributed by atoms with Crippen molar-refractivity contribution in [3.05, 3.63) is 90.4 Å². The largest absolute Gasteiger partial charge is 0.508 e. The van der Waals surface area contributed by atoms with Crippen LogP contribution in [-0.4, -0.2) is 25.2 Å². The molecule has 0 amide bonds. The second-order valence-corrected chi connectivity index (χ2v) is 6.03. The van der Waals surface area contributed by atoms with Crippen molar-refractivity contribution in [2.75, 3.05) is 0 Å². The molecule has 0 saturated heterocycles. The van der Waals surface area contributed by atoms with Crippen molar-refractivity contribution in [1.82, 2.24) is 15.0 Å². The second-order valence-electron chi connectivity index (χ2n) is 5.60. The lowest BCUT2D eigenvalue weighted by Crippen LogP contribution is -2.04. The van der Waals surface area contributed by atoms with Gasteiger partial charge in [-0.1, -0.05) is 55.1 Å². The van der Waals surface area contributed by atoms with Crippen molar-refractivity contribution in [3.8, 4) is 28.5 Å². The van der Waals surface area contributed by atoms with E-state index >= 15 is 0 Å². The fourth-order valence-corrected chi connectivity index (χ4v) is 2.64. The molecule has 0 spiro atoms. The van der Waals surface area contributed by atoms with Crippen LogP contribution in [0.5, 0.6) is 5.75 Å². The summed E-state index contributed by atoms with van der Waals surface area (Å²) in [5.74, 6) is 0.622. The molecule has 27 heavy (non-hydrogen) atoms. The quantitative estimate of drug-likeness (QED) is 0.471. The fraction of sp³-hybridized carbons (Fsp3) is 0. The van der Waals surface area contributed by atoms with Gasteiger partial charge >= 0.3 is 0 Å². The number of phenols is 1. The molecule has 1 aromatic heterocycles. The van der Waals surface area contributed by atoms with Gasteiger partial charge < -0.3 is 10.2 Å². The molecular weight excluding hydrogens is 362 g/mol. The van der Waals surface area contributed by atoms with Crippen LogP contribution in [0.2, 0.25) is 5.02 Å². The molecule has 6 heteroatoms. The molecule has 0 aliphatic heterocycles. The molecule has 0 saturated carbocycles. The topological polar surface area (TPSA) is 79.1 Å². The Morgan fingerprint density at radius 1 is 1.00 bits per heavy atom. The lowest BCUT2D eigenvalue weighted by Gasteiger charge is -2.10. The normalized spacial score (nSPS) is 11.2. The Hall–Kier alpha value is -3.44. The second kappa shape index (κ2) is 7.85. The number of aromatic hydroxyl groups is 1. The number of nitrogens with zero attached hydrogens (tertiary/aromatic N) is 3. The third-order valence-electron chi connectivity index (χ3n) is 3.70. The smallest absolute Gasteiger partial charge is 0.167 e. The van der Waals surface area contributed by atoms with E-state index in [0.717, 1.165) is 0 Å². The molecule has 0 aliphatic carbocycles. The highest BCUT2D eigenvalue weighted by Crippen LogP contribution is 2.30. The van der Waals surface area contributed by atoms with Crippen molar-refractivity contribution < 1.29 is 10.2 Å². The summed E-state index contributed by atoms with van der Waals surface area (Å²) in [6, 6.07) is 13.8. The highest BCUT2D eigenvalue weighted by molar-refractivity contribution is 6.30. The van der Waals surface area contributed by atoms with Gasteiger partial charge in [0.05, 0.1) is 11.1 Å². The van der Waals surface area contributed by atoms with Gasteiger partial charge in [0.25, 0.3) is 0 Å². The van der Waals surface area contributed by atoms with Crippen LogP contribution in [0.4, 0.5) is 0 Å². The lowest BCUT2D eigenvalue weighted by molar-refractivity contribution is 0.440. The summed E-state index contributed by atoms with van der Waals surface area (Å²) in [6.07, 6.45) is 3.05. The minimum absolute atomic E-state index is 0.0313. The van der Waals surface area contributed by atoms with Gasteiger partial charge in [0, 0.05) is 10.6 Å². The number of phenolic OH excluding ortho intramolecular Hbond substituents is 1. The number of hydrogen-bond donors (Lipinski definition) is 2. The molecule has 1 heterocycles. The zero-order valence-electron chi connectivity index (χ0n) is 14.3. The number of rotatable bonds is 5. The molecule has 0 aliphatic rings. The van der Waals surface area contributed by atoms with Crippen LogP contribution < -0.4 is 0 Å². The van der Waals surface area contributed by atoms with Crippen LogP contribution in [0.15, 0.2) is 79.6 Å². The Kier molecular flexibility index (Phi) is 5.33. The molecular formula is C21H16ClN3O2. The third-order valence-corrected chi connectivity index (χ3v) is 3.93. The number of hydrogen-bond acceptors (Lipinski definition) is 5. The minimum atomic E-state index is -0.207. The van der Waals surface area contributed by atoms with Crippen LogP contribution in [0, 0.1) is 0 Å². The first-order valence-electron chi connectivity index (χ1n) is 8.01. The standard InChI is InChI=1S/C21H16ClN3O2/c1-3-7-16(13(2)26)20-23-19(14-8-6-9-15(22)12-14)24-21(25-20)17-10-4-5-11-18(17)27/h3-12,26-27H,1-2H2/b16-7+. The number of aromatic nitrogens is 3. The summed E-state index contributed by atoms with van der Waals surface area (Å²) < 4.78 is 0. The van der Waals surface area contributed by atoms with E-state index in [1.807, 2.05) is 6.07 Å². The van der Waals surface area contributed by atoms with Gasteiger partial charge in [-0.2, -0.15) is 0 Å².